The highest BCUT2D eigenvalue weighted by Crippen LogP contribution is 2.35. The molecular formula is C12H12F2O3. The van der Waals surface area contributed by atoms with E-state index >= 15 is 0 Å². The van der Waals surface area contributed by atoms with E-state index in [-0.39, 0.29) is 25.4 Å². The van der Waals surface area contributed by atoms with Gasteiger partial charge in [0.1, 0.15) is 17.0 Å². The van der Waals surface area contributed by atoms with E-state index in [1.54, 1.807) is 6.92 Å². The first kappa shape index (κ1) is 12.0. The van der Waals surface area contributed by atoms with Crippen molar-refractivity contribution >= 4 is 5.97 Å². The molecule has 0 amide bonds. The van der Waals surface area contributed by atoms with Crippen molar-refractivity contribution in [3.63, 3.8) is 0 Å². The van der Waals surface area contributed by atoms with Crippen LogP contribution < -0.4 is 0 Å². The molecule has 0 saturated carbocycles. The number of ether oxygens (including phenoxy) is 2. The zero-order valence-electron chi connectivity index (χ0n) is 9.33. The van der Waals surface area contributed by atoms with Crippen molar-refractivity contribution in [1.82, 2.24) is 0 Å². The van der Waals surface area contributed by atoms with Crippen LogP contribution in [0.5, 0.6) is 0 Å². The Morgan fingerprint density at radius 3 is 2.71 bits per heavy atom. The maximum atomic E-state index is 13.7. The quantitative estimate of drug-likeness (QED) is 0.758. The van der Waals surface area contributed by atoms with E-state index in [1.165, 1.54) is 0 Å². The van der Waals surface area contributed by atoms with Crippen molar-refractivity contribution < 1.29 is 23.0 Å². The van der Waals surface area contributed by atoms with E-state index in [0.717, 1.165) is 18.2 Å². The summed E-state index contributed by atoms with van der Waals surface area (Å²) in [6.45, 7) is 1.89. The van der Waals surface area contributed by atoms with E-state index in [2.05, 4.69) is 0 Å². The number of rotatable bonds is 3. The van der Waals surface area contributed by atoms with Gasteiger partial charge in [0.25, 0.3) is 0 Å². The second kappa shape index (κ2) is 4.41. The summed E-state index contributed by atoms with van der Waals surface area (Å²) < 4.78 is 36.6. The van der Waals surface area contributed by atoms with E-state index in [1.807, 2.05) is 0 Å². The summed E-state index contributed by atoms with van der Waals surface area (Å²) in [5.41, 5.74) is -1.19. The summed E-state index contributed by atoms with van der Waals surface area (Å²) in [5.74, 6) is -1.78. The third kappa shape index (κ3) is 1.91. The highest BCUT2D eigenvalue weighted by molar-refractivity contribution is 5.84. The van der Waals surface area contributed by atoms with Crippen LogP contribution in [-0.2, 0) is 19.7 Å². The SMILES string of the molecule is CCOC(=O)C1(c2cc(F)ccc2F)COC1. The van der Waals surface area contributed by atoms with Crippen LogP contribution in [0.3, 0.4) is 0 Å². The second-order valence-electron chi connectivity index (χ2n) is 3.92. The van der Waals surface area contributed by atoms with Crippen LogP contribution in [0, 0.1) is 11.6 Å². The highest BCUT2D eigenvalue weighted by atomic mass is 19.1. The smallest absolute Gasteiger partial charge is 0.321 e. The van der Waals surface area contributed by atoms with Gasteiger partial charge >= 0.3 is 5.97 Å². The standard InChI is InChI=1S/C12H12F2O3/c1-2-17-11(15)12(6-16-7-12)9-5-8(13)3-4-10(9)14/h3-5H,2,6-7H2,1H3. The molecule has 17 heavy (non-hydrogen) atoms. The average molecular weight is 242 g/mol. The van der Waals surface area contributed by atoms with Gasteiger partial charge in [-0.05, 0) is 25.1 Å². The summed E-state index contributed by atoms with van der Waals surface area (Å²) in [4.78, 5) is 11.8. The second-order valence-corrected chi connectivity index (χ2v) is 3.92. The van der Waals surface area contributed by atoms with E-state index < -0.39 is 23.0 Å². The fraction of sp³-hybridized carbons (Fsp3) is 0.417. The Morgan fingerprint density at radius 1 is 1.47 bits per heavy atom. The van der Waals surface area contributed by atoms with Crippen LogP contribution in [-0.4, -0.2) is 25.8 Å². The molecule has 92 valence electrons. The number of carbonyl (C=O) groups excluding carboxylic acids is 1. The lowest BCUT2D eigenvalue weighted by Crippen LogP contribution is -2.54. The zero-order chi connectivity index (χ0) is 12.5. The lowest BCUT2D eigenvalue weighted by Gasteiger charge is -2.39. The van der Waals surface area contributed by atoms with Crippen molar-refractivity contribution in [3.8, 4) is 0 Å². The fourth-order valence-corrected chi connectivity index (χ4v) is 1.82. The Balaban J connectivity index is 2.41. The molecule has 1 saturated heterocycles. The summed E-state index contributed by atoms with van der Waals surface area (Å²) in [6.07, 6.45) is 0. The van der Waals surface area contributed by atoms with Crippen LogP contribution in [0.2, 0.25) is 0 Å². The first-order valence-electron chi connectivity index (χ1n) is 5.30. The predicted molar refractivity (Wildman–Crippen MR) is 55.5 cm³/mol. The summed E-state index contributed by atoms with van der Waals surface area (Å²) in [6, 6.07) is 3.04. The fourth-order valence-electron chi connectivity index (χ4n) is 1.82. The molecule has 1 aromatic rings. The van der Waals surface area contributed by atoms with Crippen molar-refractivity contribution in [3.05, 3.63) is 35.4 Å². The number of esters is 1. The minimum absolute atomic E-state index is 0.00204. The van der Waals surface area contributed by atoms with Gasteiger partial charge in [0.15, 0.2) is 0 Å². The molecule has 0 atom stereocenters. The lowest BCUT2D eigenvalue weighted by molar-refractivity contribution is -0.169. The van der Waals surface area contributed by atoms with Gasteiger partial charge in [0, 0.05) is 5.56 Å². The maximum absolute atomic E-state index is 13.7. The summed E-state index contributed by atoms with van der Waals surface area (Å²) in [5, 5.41) is 0. The van der Waals surface area contributed by atoms with Gasteiger partial charge in [-0.2, -0.15) is 0 Å². The molecule has 0 aromatic heterocycles. The van der Waals surface area contributed by atoms with Crippen LogP contribution in [0.25, 0.3) is 0 Å². The summed E-state index contributed by atoms with van der Waals surface area (Å²) >= 11 is 0. The molecule has 5 heteroatoms. The van der Waals surface area contributed by atoms with Crippen molar-refractivity contribution in [2.75, 3.05) is 19.8 Å². The van der Waals surface area contributed by atoms with Gasteiger partial charge < -0.3 is 9.47 Å². The normalized spacial score (nSPS) is 17.4. The molecule has 0 spiro atoms. The van der Waals surface area contributed by atoms with Crippen LogP contribution in [0.1, 0.15) is 12.5 Å². The minimum atomic E-state index is -1.19. The number of hydrogen-bond acceptors (Lipinski definition) is 3. The van der Waals surface area contributed by atoms with Crippen molar-refractivity contribution in [2.45, 2.75) is 12.3 Å². The van der Waals surface area contributed by atoms with Gasteiger partial charge in [-0.15, -0.1) is 0 Å². The number of hydrogen-bond donors (Lipinski definition) is 0. The molecule has 1 fully saturated rings. The monoisotopic (exact) mass is 242 g/mol. The molecule has 0 bridgehead atoms. The predicted octanol–water partition coefficient (Wildman–Crippen LogP) is 1.80. The molecular weight excluding hydrogens is 230 g/mol. The minimum Gasteiger partial charge on any atom is -0.465 e. The Hall–Kier alpha value is -1.49. The first-order chi connectivity index (χ1) is 8.10. The largest absolute Gasteiger partial charge is 0.465 e. The van der Waals surface area contributed by atoms with Crippen LogP contribution in [0.15, 0.2) is 18.2 Å². The molecule has 0 unspecified atom stereocenters. The lowest BCUT2D eigenvalue weighted by atomic mass is 9.78. The molecule has 1 heterocycles. The molecule has 0 N–H and O–H groups in total. The Bertz CT molecular complexity index is 441. The van der Waals surface area contributed by atoms with Crippen LogP contribution in [0.4, 0.5) is 8.78 Å². The average Bonchev–Trinajstić information content (AvgIpc) is 2.22. The molecule has 0 radical (unpaired) electrons. The Kier molecular flexibility index (Phi) is 3.11. The van der Waals surface area contributed by atoms with E-state index in [0.29, 0.717) is 0 Å². The summed E-state index contributed by atoms with van der Waals surface area (Å²) in [7, 11) is 0. The molecule has 3 nitrogen and oxygen atoms in total. The molecule has 1 aliphatic heterocycles. The zero-order valence-corrected chi connectivity index (χ0v) is 9.33. The molecule has 1 aliphatic rings. The molecule has 1 aromatic carbocycles. The van der Waals surface area contributed by atoms with E-state index in [4.69, 9.17) is 9.47 Å². The highest BCUT2D eigenvalue weighted by Gasteiger charge is 2.50. The van der Waals surface area contributed by atoms with Gasteiger partial charge in [-0.3, -0.25) is 4.79 Å². The third-order valence-electron chi connectivity index (χ3n) is 2.81. The molecule has 0 aliphatic carbocycles. The Morgan fingerprint density at radius 2 is 2.18 bits per heavy atom. The van der Waals surface area contributed by atoms with Gasteiger partial charge in [-0.25, -0.2) is 8.78 Å². The topological polar surface area (TPSA) is 35.5 Å². The third-order valence-corrected chi connectivity index (χ3v) is 2.81. The van der Waals surface area contributed by atoms with Gasteiger partial charge in [-0.1, -0.05) is 0 Å². The van der Waals surface area contributed by atoms with Crippen molar-refractivity contribution in [1.29, 1.82) is 0 Å². The van der Waals surface area contributed by atoms with Gasteiger partial charge in [0.05, 0.1) is 19.8 Å². The van der Waals surface area contributed by atoms with Gasteiger partial charge in [0.2, 0.25) is 0 Å². The molecule has 2 rings (SSSR count). The first-order valence-corrected chi connectivity index (χ1v) is 5.30. The van der Waals surface area contributed by atoms with Crippen LogP contribution >= 0.6 is 0 Å². The maximum Gasteiger partial charge on any atom is 0.321 e. The van der Waals surface area contributed by atoms with Crippen molar-refractivity contribution in [2.24, 2.45) is 0 Å². The van der Waals surface area contributed by atoms with E-state index in [9.17, 15) is 13.6 Å². The number of benzene rings is 1. The number of halogens is 2. The Labute approximate surface area is 97.3 Å². The number of carbonyl (C=O) groups is 1.